The Labute approximate surface area is 129 Å². The van der Waals surface area contributed by atoms with Crippen LogP contribution in [0.2, 0.25) is 0 Å². The van der Waals surface area contributed by atoms with E-state index in [9.17, 15) is 0 Å². The van der Waals surface area contributed by atoms with E-state index in [1.807, 2.05) is 0 Å². The van der Waals surface area contributed by atoms with Gasteiger partial charge >= 0.3 is 0 Å². The van der Waals surface area contributed by atoms with Gasteiger partial charge in [-0.15, -0.1) is 0 Å². The number of rotatable bonds is 3. The third kappa shape index (κ3) is 2.75. The number of benzene rings is 2. The fourth-order valence-electron chi connectivity index (χ4n) is 3.07. The molecule has 0 amide bonds. The SMILES string of the molecule is CCC(N)c1ccc(-c2c(C)c(C)c(C)c(C)c2C)cc1. The van der Waals surface area contributed by atoms with E-state index in [4.69, 9.17) is 5.73 Å². The van der Waals surface area contributed by atoms with Crippen molar-refractivity contribution in [3.8, 4) is 11.1 Å². The Morgan fingerprint density at radius 3 is 1.62 bits per heavy atom. The molecule has 1 heteroatoms. The predicted molar refractivity (Wildman–Crippen MR) is 92.8 cm³/mol. The minimum absolute atomic E-state index is 0.141. The van der Waals surface area contributed by atoms with Crippen LogP contribution in [0.1, 0.15) is 52.8 Å². The summed E-state index contributed by atoms with van der Waals surface area (Å²) >= 11 is 0. The molecule has 0 aliphatic carbocycles. The van der Waals surface area contributed by atoms with Gasteiger partial charge in [-0.1, -0.05) is 31.2 Å². The molecule has 2 N–H and O–H groups in total. The third-order valence-electron chi connectivity index (χ3n) is 5.07. The number of hydrogen-bond acceptors (Lipinski definition) is 1. The largest absolute Gasteiger partial charge is 0.324 e. The van der Waals surface area contributed by atoms with E-state index in [1.54, 1.807) is 0 Å². The van der Waals surface area contributed by atoms with Crippen molar-refractivity contribution in [2.45, 2.75) is 54.0 Å². The first-order chi connectivity index (χ1) is 9.88. The quantitative estimate of drug-likeness (QED) is 0.811. The van der Waals surface area contributed by atoms with E-state index in [0.717, 1.165) is 6.42 Å². The van der Waals surface area contributed by atoms with E-state index >= 15 is 0 Å². The zero-order valence-electron chi connectivity index (χ0n) is 14.2. The van der Waals surface area contributed by atoms with Crippen LogP contribution in [0, 0.1) is 34.6 Å². The summed E-state index contributed by atoms with van der Waals surface area (Å²) in [6.45, 7) is 13.3. The lowest BCUT2D eigenvalue weighted by atomic mass is 9.86. The number of nitrogens with two attached hydrogens (primary N) is 1. The van der Waals surface area contributed by atoms with Gasteiger partial charge in [0.15, 0.2) is 0 Å². The Bertz CT molecular complexity index is 622. The molecule has 0 saturated heterocycles. The fraction of sp³-hybridized carbons (Fsp3) is 0.400. The van der Waals surface area contributed by atoms with E-state index in [2.05, 4.69) is 65.8 Å². The highest BCUT2D eigenvalue weighted by Gasteiger charge is 2.14. The zero-order valence-corrected chi connectivity index (χ0v) is 14.2. The molecule has 2 rings (SSSR count). The summed E-state index contributed by atoms with van der Waals surface area (Å²) in [7, 11) is 0. The normalized spacial score (nSPS) is 12.5. The van der Waals surface area contributed by atoms with Crippen molar-refractivity contribution in [2.24, 2.45) is 5.73 Å². The van der Waals surface area contributed by atoms with Crippen LogP contribution in [-0.4, -0.2) is 0 Å². The first-order valence-electron chi connectivity index (χ1n) is 7.81. The molecule has 0 aliphatic rings. The molecule has 0 aromatic heterocycles. The molecule has 0 aliphatic heterocycles. The second-order valence-electron chi connectivity index (χ2n) is 6.14. The van der Waals surface area contributed by atoms with E-state index in [0.29, 0.717) is 0 Å². The molecule has 1 unspecified atom stereocenters. The van der Waals surface area contributed by atoms with Crippen molar-refractivity contribution in [3.05, 3.63) is 57.6 Å². The van der Waals surface area contributed by atoms with Gasteiger partial charge in [-0.2, -0.15) is 0 Å². The monoisotopic (exact) mass is 281 g/mol. The molecular weight excluding hydrogens is 254 g/mol. The molecule has 0 saturated carbocycles. The summed E-state index contributed by atoms with van der Waals surface area (Å²) in [6.07, 6.45) is 0.972. The Balaban J connectivity index is 2.57. The zero-order chi connectivity index (χ0) is 15.7. The lowest BCUT2D eigenvalue weighted by molar-refractivity contribution is 0.699. The van der Waals surface area contributed by atoms with Crippen LogP contribution in [0.15, 0.2) is 24.3 Å². The Hall–Kier alpha value is -1.60. The maximum Gasteiger partial charge on any atom is 0.0292 e. The van der Waals surface area contributed by atoms with Crippen LogP contribution < -0.4 is 5.73 Å². The second kappa shape index (κ2) is 6.03. The van der Waals surface area contributed by atoms with Gasteiger partial charge in [0.25, 0.3) is 0 Å². The van der Waals surface area contributed by atoms with Crippen molar-refractivity contribution >= 4 is 0 Å². The third-order valence-corrected chi connectivity index (χ3v) is 5.07. The van der Waals surface area contributed by atoms with Gasteiger partial charge in [0.2, 0.25) is 0 Å². The molecule has 2 aromatic carbocycles. The van der Waals surface area contributed by atoms with Gasteiger partial charge in [-0.05, 0) is 85.5 Å². The minimum Gasteiger partial charge on any atom is -0.324 e. The Morgan fingerprint density at radius 2 is 1.19 bits per heavy atom. The van der Waals surface area contributed by atoms with E-state index in [-0.39, 0.29) is 6.04 Å². The molecule has 0 fully saturated rings. The van der Waals surface area contributed by atoms with Crippen LogP contribution in [0.3, 0.4) is 0 Å². The van der Waals surface area contributed by atoms with Crippen LogP contribution in [0.5, 0.6) is 0 Å². The maximum atomic E-state index is 6.11. The van der Waals surface area contributed by atoms with Crippen molar-refractivity contribution < 1.29 is 0 Å². The summed E-state index contributed by atoms with van der Waals surface area (Å²) in [5.74, 6) is 0. The average Bonchev–Trinajstić information content (AvgIpc) is 2.51. The minimum atomic E-state index is 0.141. The summed E-state index contributed by atoms with van der Waals surface area (Å²) in [5, 5.41) is 0. The molecule has 0 spiro atoms. The van der Waals surface area contributed by atoms with Crippen LogP contribution in [0.4, 0.5) is 0 Å². The van der Waals surface area contributed by atoms with Gasteiger partial charge in [-0.3, -0.25) is 0 Å². The topological polar surface area (TPSA) is 26.0 Å². The van der Waals surface area contributed by atoms with Gasteiger partial charge in [0.1, 0.15) is 0 Å². The average molecular weight is 281 g/mol. The predicted octanol–water partition coefficient (Wildman–Crippen LogP) is 5.31. The Kier molecular flexibility index (Phi) is 4.53. The summed E-state index contributed by atoms with van der Waals surface area (Å²) in [5.41, 5.74) is 17.0. The smallest absolute Gasteiger partial charge is 0.0292 e. The van der Waals surface area contributed by atoms with Crippen LogP contribution in [-0.2, 0) is 0 Å². The van der Waals surface area contributed by atoms with Gasteiger partial charge in [0, 0.05) is 6.04 Å². The van der Waals surface area contributed by atoms with E-state index < -0.39 is 0 Å². The molecule has 21 heavy (non-hydrogen) atoms. The molecular formula is C20H27N. The summed E-state index contributed by atoms with van der Waals surface area (Å²) < 4.78 is 0. The summed E-state index contributed by atoms with van der Waals surface area (Å²) in [6, 6.07) is 8.92. The van der Waals surface area contributed by atoms with E-state index in [1.165, 1.54) is 44.5 Å². The summed E-state index contributed by atoms with van der Waals surface area (Å²) in [4.78, 5) is 0. The van der Waals surface area contributed by atoms with Crippen LogP contribution in [0.25, 0.3) is 11.1 Å². The highest BCUT2D eigenvalue weighted by molar-refractivity contribution is 5.74. The first kappa shape index (κ1) is 15.8. The maximum absolute atomic E-state index is 6.11. The Morgan fingerprint density at radius 1 is 0.762 bits per heavy atom. The van der Waals surface area contributed by atoms with Gasteiger partial charge in [-0.25, -0.2) is 0 Å². The van der Waals surface area contributed by atoms with Gasteiger partial charge < -0.3 is 5.73 Å². The molecule has 0 bridgehead atoms. The molecule has 0 radical (unpaired) electrons. The molecule has 112 valence electrons. The molecule has 2 aromatic rings. The number of hydrogen-bond donors (Lipinski definition) is 1. The van der Waals surface area contributed by atoms with Crippen molar-refractivity contribution in [1.29, 1.82) is 0 Å². The highest BCUT2D eigenvalue weighted by Crippen LogP contribution is 2.34. The lowest BCUT2D eigenvalue weighted by Crippen LogP contribution is -2.08. The van der Waals surface area contributed by atoms with Gasteiger partial charge in [0.05, 0.1) is 0 Å². The lowest BCUT2D eigenvalue weighted by Gasteiger charge is -2.19. The first-order valence-corrected chi connectivity index (χ1v) is 7.81. The van der Waals surface area contributed by atoms with Crippen LogP contribution >= 0.6 is 0 Å². The molecule has 1 nitrogen and oxygen atoms in total. The molecule has 0 heterocycles. The fourth-order valence-corrected chi connectivity index (χ4v) is 3.07. The second-order valence-corrected chi connectivity index (χ2v) is 6.14. The highest BCUT2D eigenvalue weighted by atomic mass is 14.6. The molecule has 1 atom stereocenters. The van der Waals surface area contributed by atoms with Crippen molar-refractivity contribution in [2.75, 3.05) is 0 Å². The standard InChI is InChI=1S/C20H27N/c1-7-19(21)17-8-10-18(11-9-17)20-15(5)13(3)12(2)14(4)16(20)6/h8-11,19H,7,21H2,1-6H3. The van der Waals surface area contributed by atoms with Crippen molar-refractivity contribution in [3.63, 3.8) is 0 Å². The van der Waals surface area contributed by atoms with Crippen molar-refractivity contribution in [1.82, 2.24) is 0 Å².